The topological polar surface area (TPSA) is 72.0 Å². The number of thiophene rings is 1. The minimum absolute atomic E-state index is 0.182. The number of rotatable bonds is 8. The summed E-state index contributed by atoms with van der Waals surface area (Å²) in [5, 5.41) is 4.26. The van der Waals surface area contributed by atoms with Crippen molar-refractivity contribution in [1.82, 2.24) is 4.90 Å². The molecule has 0 atom stereocenters. The van der Waals surface area contributed by atoms with Crippen LogP contribution >= 0.6 is 22.9 Å². The van der Waals surface area contributed by atoms with Crippen LogP contribution in [0.2, 0.25) is 5.02 Å². The molecule has 0 fully saturated rings. The number of nitrogens with two attached hydrogens (primary N) is 1. The van der Waals surface area contributed by atoms with Crippen molar-refractivity contribution in [3.05, 3.63) is 75.4 Å². The molecule has 1 aromatic heterocycles. The van der Waals surface area contributed by atoms with Crippen molar-refractivity contribution in [2.75, 3.05) is 38.3 Å². The Balaban J connectivity index is 1.78. The maximum atomic E-state index is 12.8. The third kappa shape index (κ3) is 5.10. The maximum Gasteiger partial charge on any atom is 0.243 e. The van der Waals surface area contributed by atoms with Gasteiger partial charge in [-0.1, -0.05) is 11.6 Å². The molecule has 0 saturated heterocycles. The Morgan fingerprint density at radius 1 is 1.20 bits per heavy atom. The van der Waals surface area contributed by atoms with E-state index in [4.69, 9.17) is 28.6 Å². The molecule has 0 amide bonds. The fourth-order valence-electron chi connectivity index (χ4n) is 2.64. The molecule has 154 valence electrons. The fraction of sp³-hybridized carbons (Fsp3) is 0.182. The Kier molecular flexibility index (Phi) is 6.95. The highest BCUT2D eigenvalue weighted by atomic mass is 35.5. The van der Waals surface area contributed by atoms with E-state index in [9.17, 15) is 4.79 Å². The van der Waals surface area contributed by atoms with Gasteiger partial charge in [0.25, 0.3) is 0 Å². The molecule has 0 radical (unpaired) electrons. The summed E-state index contributed by atoms with van der Waals surface area (Å²) in [4.78, 5) is 18.7. The zero-order valence-corrected chi connectivity index (χ0v) is 18.2. The quantitative estimate of drug-likeness (QED) is 0.360. The smallest absolute Gasteiger partial charge is 0.243 e. The van der Waals surface area contributed by atoms with Gasteiger partial charge < -0.3 is 20.7 Å². The van der Waals surface area contributed by atoms with E-state index in [1.54, 1.807) is 24.3 Å². The van der Waals surface area contributed by atoms with Gasteiger partial charge in [0.05, 0.1) is 17.1 Å². The van der Waals surface area contributed by atoms with E-state index in [2.05, 4.69) is 10.2 Å². The molecule has 3 aromatic rings. The first-order chi connectivity index (χ1) is 14.4. The summed E-state index contributed by atoms with van der Waals surface area (Å²) in [6, 6.07) is 14.0. The molecule has 0 bridgehead atoms. The van der Waals surface area contributed by atoms with Crippen LogP contribution in [-0.2, 0) is 0 Å². The normalized spacial score (nSPS) is 10.6. The van der Waals surface area contributed by atoms with Crippen molar-refractivity contribution in [2.45, 2.75) is 0 Å². The van der Waals surface area contributed by atoms with Gasteiger partial charge in [0.2, 0.25) is 11.5 Å². The molecule has 0 aliphatic heterocycles. The molecule has 0 aliphatic carbocycles. The molecule has 0 aliphatic rings. The third-order valence-electron chi connectivity index (χ3n) is 4.26. The summed E-state index contributed by atoms with van der Waals surface area (Å²) in [6.07, 6.45) is 0. The SMILES string of the molecule is [C-]#[N+]c1c(Nc2ccc(OCCN(C)C)cc2)sc(C(=O)c2ccc(Cl)cc2)c1N. The molecule has 30 heavy (non-hydrogen) atoms. The molecule has 0 spiro atoms. The Morgan fingerprint density at radius 2 is 1.87 bits per heavy atom. The number of ketones is 1. The summed E-state index contributed by atoms with van der Waals surface area (Å²) >= 11 is 7.06. The summed E-state index contributed by atoms with van der Waals surface area (Å²) in [5.74, 6) is 0.522. The second-order valence-electron chi connectivity index (χ2n) is 6.77. The number of carbonyl (C=O) groups excluding carboxylic acids is 1. The predicted molar refractivity (Wildman–Crippen MR) is 124 cm³/mol. The number of benzene rings is 2. The van der Waals surface area contributed by atoms with Crippen molar-refractivity contribution >= 4 is 50.8 Å². The molecule has 3 rings (SSSR count). The number of nitrogen functional groups attached to an aromatic ring is 1. The number of likely N-dealkylation sites (N-methyl/N-ethyl adjacent to an activating group) is 1. The monoisotopic (exact) mass is 440 g/mol. The second-order valence-corrected chi connectivity index (χ2v) is 8.23. The van der Waals surface area contributed by atoms with E-state index in [0.717, 1.165) is 29.3 Å². The van der Waals surface area contributed by atoms with Crippen LogP contribution in [0.4, 0.5) is 22.1 Å². The number of ether oxygens (including phenoxy) is 1. The lowest BCUT2D eigenvalue weighted by atomic mass is 10.1. The van der Waals surface area contributed by atoms with Crippen LogP contribution in [0.5, 0.6) is 5.75 Å². The van der Waals surface area contributed by atoms with Gasteiger partial charge in [-0.15, -0.1) is 11.3 Å². The lowest BCUT2D eigenvalue weighted by Gasteiger charge is -2.11. The average Bonchev–Trinajstić information content (AvgIpc) is 3.04. The first-order valence-corrected chi connectivity index (χ1v) is 10.3. The van der Waals surface area contributed by atoms with Gasteiger partial charge in [-0.05, 0) is 62.6 Å². The molecular weight excluding hydrogens is 420 g/mol. The Bertz CT molecular complexity index is 1070. The van der Waals surface area contributed by atoms with Crippen molar-refractivity contribution in [3.63, 3.8) is 0 Å². The lowest BCUT2D eigenvalue weighted by Crippen LogP contribution is -2.19. The molecule has 2 aromatic carbocycles. The van der Waals surface area contributed by atoms with Gasteiger partial charge in [0.15, 0.2) is 0 Å². The van der Waals surface area contributed by atoms with E-state index in [-0.39, 0.29) is 17.2 Å². The number of halogens is 1. The number of nitrogens with zero attached hydrogens (tertiary/aromatic N) is 2. The predicted octanol–water partition coefficient (Wildman–Crippen LogP) is 5.45. The van der Waals surface area contributed by atoms with Crippen LogP contribution < -0.4 is 15.8 Å². The molecule has 3 N–H and O–H groups in total. The number of hydrogen-bond acceptors (Lipinski definition) is 6. The minimum atomic E-state index is -0.239. The number of anilines is 3. The van der Waals surface area contributed by atoms with E-state index in [0.29, 0.717) is 27.1 Å². The Labute approximate surface area is 184 Å². The van der Waals surface area contributed by atoms with Crippen LogP contribution in [0.1, 0.15) is 15.2 Å². The van der Waals surface area contributed by atoms with Crippen molar-refractivity contribution < 1.29 is 9.53 Å². The highest BCUT2D eigenvalue weighted by molar-refractivity contribution is 7.19. The first-order valence-electron chi connectivity index (χ1n) is 9.13. The summed E-state index contributed by atoms with van der Waals surface area (Å²) in [5.41, 5.74) is 7.78. The van der Waals surface area contributed by atoms with Crippen LogP contribution in [0.3, 0.4) is 0 Å². The van der Waals surface area contributed by atoms with Crippen molar-refractivity contribution in [3.8, 4) is 5.75 Å². The largest absolute Gasteiger partial charge is 0.492 e. The third-order valence-corrected chi connectivity index (χ3v) is 5.62. The second kappa shape index (κ2) is 9.63. The molecule has 8 heteroatoms. The molecular formula is C22H21ClN4O2S. The highest BCUT2D eigenvalue weighted by Crippen LogP contribution is 2.45. The number of nitrogens with one attached hydrogen (secondary N) is 1. The number of hydrogen-bond donors (Lipinski definition) is 2. The van der Waals surface area contributed by atoms with Gasteiger partial charge >= 0.3 is 0 Å². The first kappa shape index (κ1) is 21.7. The van der Waals surface area contributed by atoms with Gasteiger partial charge in [0.1, 0.15) is 17.4 Å². The average molecular weight is 441 g/mol. The summed E-state index contributed by atoms with van der Waals surface area (Å²) in [6.45, 7) is 8.91. The van der Waals surface area contributed by atoms with E-state index in [1.807, 2.05) is 43.3 Å². The molecule has 0 saturated carbocycles. The lowest BCUT2D eigenvalue weighted by molar-refractivity contribution is 0.104. The van der Waals surface area contributed by atoms with Crippen LogP contribution in [-0.4, -0.2) is 37.9 Å². The van der Waals surface area contributed by atoms with Gasteiger partial charge in [-0.25, -0.2) is 4.85 Å². The van der Waals surface area contributed by atoms with E-state index >= 15 is 0 Å². The van der Waals surface area contributed by atoms with E-state index < -0.39 is 0 Å². The van der Waals surface area contributed by atoms with Gasteiger partial charge in [-0.3, -0.25) is 4.79 Å². The highest BCUT2D eigenvalue weighted by Gasteiger charge is 2.22. The molecule has 6 nitrogen and oxygen atoms in total. The standard InChI is InChI=1S/C22H21ClN4O2S/c1-25-19-18(24)21(20(28)14-4-6-15(23)7-5-14)30-22(19)26-16-8-10-17(11-9-16)29-13-12-27(2)3/h4-11,26H,12-13,24H2,2-3H3. The van der Waals surface area contributed by atoms with Crippen LogP contribution in [0.25, 0.3) is 4.85 Å². The summed E-state index contributed by atoms with van der Waals surface area (Å²) in [7, 11) is 3.98. The summed E-state index contributed by atoms with van der Waals surface area (Å²) < 4.78 is 5.69. The zero-order chi connectivity index (χ0) is 21.7. The van der Waals surface area contributed by atoms with Crippen molar-refractivity contribution in [2.24, 2.45) is 0 Å². The fourth-order valence-corrected chi connectivity index (χ4v) is 3.81. The van der Waals surface area contributed by atoms with Crippen molar-refractivity contribution in [1.29, 1.82) is 0 Å². The Morgan fingerprint density at radius 3 is 2.47 bits per heavy atom. The van der Waals surface area contributed by atoms with Crippen LogP contribution in [0, 0.1) is 6.57 Å². The molecule has 1 heterocycles. The van der Waals surface area contributed by atoms with Gasteiger partial charge in [-0.2, -0.15) is 0 Å². The van der Waals surface area contributed by atoms with E-state index in [1.165, 1.54) is 0 Å². The molecule has 0 unspecified atom stereocenters. The maximum absolute atomic E-state index is 12.8. The number of carbonyl (C=O) groups is 1. The van der Waals surface area contributed by atoms with Crippen LogP contribution in [0.15, 0.2) is 48.5 Å². The van der Waals surface area contributed by atoms with Gasteiger partial charge in [0, 0.05) is 22.8 Å². The zero-order valence-electron chi connectivity index (χ0n) is 16.6. The Hall–Kier alpha value is -3.05. The minimum Gasteiger partial charge on any atom is -0.492 e.